The highest BCUT2D eigenvalue weighted by atomic mass is 35.5. The second-order valence-corrected chi connectivity index (χ2v) is 4.42. The number of hydrogen-bond acceptors (Lipinski definition) is 2. The van der Waals surface area contributed by atoms with E-state index in [0.29, 0.717) is 0 Å². The molecule has 3 N–H and O–H groups in total. The third-order valence-electron chi connectivity index (χ3n) is 3.11. The number of benzene rings is 1. The van der Waals surface area contributed by atoms with Gasteiger partial charge >= 0.3 is 0 Å². The second kappa shape index (κ2) is 5.21. The summed E-state index contributed by atoms with van der Waals surface area (Å²) < 4.78 is 13.5. The molecule has 2 nitrogen and oxygen atoms in total. The van der Waals surface area contributed by atoms with Gasteiger partial charge in [-0.25, -0.2) is 4.39 Å². The third-order valence-corrected chi connectivity index (χ3v) is 3.41. The van der Waals surface area contributed by atoms with Crippen molar-refractivity contribution in [2.45, 2.75) is 25.3 Å². The molecule has 16 heavy (non-hydrogen) atoms. The molecule has 1 fully saturated rings. The minimum absolute atomic E-state index is 0. The van der Waals surface area contributed by atoms with Crippen molar-refractivity contribution in [1.82, 2.24) is 0 Å². The molecule has 90 valence electrons. The SMILES string of the molecule is Cl.N[C@@H](c1c(F)ccc(Cl)c1O)C1CCC1. The first kappa shape index (κ1) is 13.6. The maximum atomic E-state index is 13.5. The maximum absolute atomic E-state index is 13.5. The molecule has 1 aliphatic carbocycles. The van der Waals surface area contributed by atoms with Gasteiger partial charge in [0.25, 0.3) is 0 Å². The molecule has 1 aliphatic rings. The van der Waals surface area contributed by atoms with Crippen molar-refractivity contribution in [3.05, 3.63) is 28.5 Å². The fourth-order valence-corrected chi connectivity index (χ4v) is 2.07. The summed E-state index contributed by atoms with van der Waals surface area (Å²) in [5.41, 5.74) is 6.07. The Bertz CT molecular complexity index is 382. The molecule has 0 amide bonds. The largest absolute Gasteiger partial charge is 0.506 e. The summed E-state index contributed by atoms with van der Waals surface area (Å²) in [7, 11) is 0. The number of phenols is 1. The Kier molecular flexibility index (Phi) is 4.42. The Morgan fingerprint density at radius 2 is 2.06 bits per heavy atom. The summed E-state index contributed by atoms with van der Waals surface area (Å²) in [5.74, 6) is -0.420. The lowest BCUT2D eigenvalue weighted by atomic mass is 9.77. The standard InChI is InChI=1S/C11H13ClFNO.ClH/c12-7-4-5-8(13)9(11(7)15)10(14)6-2-1-3-6;/h4-6,10,15H,1-3,14H2;1H/t10-;/m1./s1. The normalized spacial score (nSPS) is 17.4. The van der Waals surface area contributed by atoms with Crippen molar-refractivity contribution in [3.8, 4) is 5.75 Å². The van der Waals surface area contributed by atoms with Gasteiger partial charge in [0.2, 0.25) is 0 Å². The molecule has 0 aromatic heterocycles. The van der Waals surface area contributed by atoms with E-state index in [-0.39, 0.29) is 34.7 Å². The van der Waals surface area contributed by atoms with E-state index < -0.39 is 11.9 Å². The first-order chi connectivity index (χ1) is 7.11. The molecule has 1 aromatic carbocycles. The summed E-state index contributed by atoms with van der Waals surface area (Å²) >= 11 is 5.72. The Morgan fingerprint density at radius 3 is 2.56 bits per heavy atom. The Labute approximate surface area is 105 Å². The third kappa shape index (κ3) is 2.26. The molecule has 1 aromatic rings. The van der Waals surface area contributed by atoms with Gasteiger partial charge in [-0.15, -0.1) is 12.4 Å². The van der Waals surface area contributed by atoms with Crippen LogP contribution in [0.3, 0.4) is 0 Å². The predicted molar refractivity (Wildman–Crippen MR) is 64.6 cm³/mol. The van der Waals surface area contributed by atoms with Gasteiger partial charge in [0.1, 0.15) is 11.6 Å². The number of rotatable bonds is 2. The minimum Gasteiger partial charge on any atom is -0.506 e. The van der Waals surface area contributed by atoms with Gasteiger partial charge in [-0.05, 0) is 30.9 Å². The zero-order valence-corrected chi connectivity index (χ0v) is 10.2. The van der Waals surface area contributed by atoms with Crippen LogP contribution in [0.15, 0.2) is 12.1 Å². The van der Waals surface area contributed by atoms with Crippen LogP contribution in [-0.4, -0.2) is 5.11 Å². The van der Waals surface area contributed by atoms with E-state index in [1.165, 1.54) is 12.1 Å². The number of phenolic OH excluding ortho intramolecular Hbond substituents is 1. The zero-order valence-electron chi connectivity index (χ0n) is 8.62. The fourth-order valence-electron chi connectivity index (χ4n) is 1.91. The topological polar surface area (TPSA) is 46.2 Å². The maximum Gasteiger partial charge on any atom is 0.141 e. The van der Waals surface area contributed by atoms with Crippen LogP contribution in [-0.2, 0) is 0 Å². The molecule has 0 radical (unpaired) electrons. The zero-order chi connectivity index (χ0) is 11.0. The lowest BCUT2D eigenvalue weighted by molar-refractivity contribution is 0.256. The highest BCUT2D eigenvalue weighted by Gasteiger charge is 2.29. The van der Waals surface area contributed by atoms with Crippen LogP contribution in [0.1, 0.15) is 30.9 Å². The van der Waals surface area contributed by atoms with Crippen molar-refractivity contribution in [3.63, 3.8) is 0 Å². The molecule has 5 heteroatoms. The average molecular weight is 266 g/mol. The summed E-state index contributed by atoms with van der Waals surface area (Å²) in [6, 6.07) is 2.14. The predicted octanol–water partition coefficient (Wildman–Crippen LogP) is 3.41. The van der Waals surface area contributed by atoms with E-state index in [1.54, 1.807) is 0 Å². The monoisotopic (exact) mass is 265 g/mol. The van der Waals surface area contributed by atoms with Crippen LogP contribution in [0.25, 0.3) is 0 Å². The minimum atomic E-state index is -0.476. The fraction of sp³-hybridized carbons (Fsp3) is 0.455. The van der Waals surface area contributed by atoms with E-state index in [1.807, 2.05) is 0 Å². The molecule has 0 heterocycles. The van der Waals surface area contributed by atoms with Crippen molar-refractivity contribution < 1.29 is 9.50 Å². The first-order valence-corrected chi connectivity index (χ1v) is 5.41. The molecule has 2 rings (SSSR count). The van der Waals surface area contributed by atoms with Gasteiger partial charge in [-0.2, -0.15) is 0 Å². The van der Waals surface area contributed by atoms with Crippen LogP contribution in [0.4, 0.5) is 4.39 Å². The summed E-state index contributed by atoms with van der Waals surface area (Å²) in [5, 5.41) is 9.82. The lowest BCUT2D eigenvalue weighted by Crippen LogP contribution is -2.27. The summed E-state index contributed by atoms with van der Waals surface area (Å²) in [6.07, 6.45) is 3.11. The van der Waals surface area contributed by atoms with Crippen LogP contribution < -0.4 is 5.73 Å². The Balaban J connectivity index is 0.00000128. The molecule has 0 saturated heterocycles. The highest BCUT2D eigenvalue weighted by Crippen LogP contribution is 2.41. The van der Waals surface area contributed by atoms with Crippen LogP contribution in [0.5, 0.6) is 5.75 Å². The number of aromatic hydroxyl groups is 1. The molecule has 0 bridgehead atoms. The molecular weight excluding hydrogens is 252 g/mol. The van der Waals surface area contributed by atoms with Crippen molar-refractivity contribution in [2.75, 3.05) is 0 Å². The van der Waals surface area contributed by atoms with Crippen molar-refractivity contribution >= 4 is 24.0 Å². The van der Waals surface area contributed by atoms with E-state index in [0.717, 1.165) is 19.3 Å². The molecule has 1 atom stereocenters. The van der Waals surface area contributed by atoms with Gasteiger partial charge < -0.3 is 10.8 Å². The van der Waals surface area contributed by atoms with E-state index in [2.05, 4.69) is 0 Å². The Hall–Kier alpha value is -0.510. The first-order valence-electron chi connectivity index (χ1n) is 5.03. The quantitative estimate of drug-likeness (QED) is 0.861. The van der Waals surface area contributed by atoms with Gasteiger partial charge in [0.15, 0.2) is 0 Å². The van der Waals surface area contributed by atoms with Gasteiger partial charge in [0, 0.05) is 11.6 Å². The van der Waals surface area contributed by atoms with E-state index in [4.69, 9.17) is 17.3 Å². The van der Waals surface area contributed by atoms with E-state index in [9.17, 15) is 9.50 Å². The lowest BCUT2D eigenvalue weighted by Gasteiger charge is -2.32. The molecule has 1 saturated carbocycles. The van der Waals surface area contributed by atoms with Gasteiger partial charge in [-0.3, -0.25) is 0 Å². The smallest absolute Gasteiger partial charge is 0.141 e. The summed E-state index contributed by atoms with van der Waals surface area (Å²) in [6.45, 7) is 0. The van der Waals surface area contributed by atoms with Crippen molar-refractivity contribution in [2.24, 2.45) is 11.7 Å². The number of nitrogens with two attached hydrogens (primary N) is 1. The second-order valence-electron chi connectivity index (χ2n) is 4.01. The van der Waals surface area contributed by atoms with Crippen molar-refractivity contribution in [1.29, 1.82) is 0 Å². The Morgan fingerprint density at radius 1 is 1.44 bits per heavy atom. The summed E-state index contributed by atoms with van der Waals surface area (Å²) in [4.78, 5) is 0. The molecule has 0 unspecified atom stereocenters. The molecular formula is C11H14Cl2FNO. The van der Waals surface area contributed by atoms with Crippen LogP contribution in [0.2, 0.25) is 5.02 Å². The molecule has 0 spiro atoms. The average Bonchev–Trinajstić information content (AvgIpc) is 2.09. The van der Waals surface area contributed by atoms with Gasteiger partial charge in [-0.1, -0.05) is 18.0 Å². The number of hydrogen-bond donors (Lipinski definition) is 2. The highest BCUT2D eigenvalue weighted by molar-refractivity contribution is 6.32. The van der Waals surface area contributed by atoms with Crippen LogP contribution in [0, 0.1) is 11.7 Å². The van der Waals surface area contributed by atoms with E-state index >= 15 is 0 Å². The van der Waals surface area contributed by atoms with Crippen LogP contribution >= 0.6 is 24.0 Å². The van der Waals surface area contributed by atoms with Gasteiger partial charge in [0.05, 0.1) is 5.02 Å². The number of halogens is 3. The molecule has 0 aliphatic heterocycles.